The number of hydrogen-bond acceptors (Lipinski definition) is 4. The summed E-state index contributed by atoms with van der Waals surface area (Å²) in [6, 6.07) is 3.73. The first-order valence-electron chi connectivity index (χ1n) is 5.88. The molecule has 94 valence electrons. The highest BCUT2D eigenvalue weighted by Gasteiger charge is 2.41. The second kappa shape index (κ2) is 4.39. The fraction of sp³-hybridized carbons (Fsp3) is 0.462. The molecule has 0 spiro atoms. The van der Waals surface area contributed by atoms with Crippen molar-refractivity contribution in [2.24, 2.45) is 4.99 Å². The fourth-order valence-electron chi connectivity index (χ4n) is 2.50. The highest BCUT2D eigenvalue weighted by atomic mass is 35.5. The summed E-state index contributed by atoms with van der Waals surface area (Å²) < 4.78 is 10.6. The highest BCUT2D eigenvalue weighted by Crippen LogP contribution is 2.48. The summed E-state index contributed by atoms with van der Waals surface area (Å²) in [5, 5.41) is 0.613. The van der Waals surface area contributed by atoms with Crippen LogP contribution < -0.4 is 4.74 Å². The smallest absolute Gasteiger partial charge is 0.235 e. The largest absolute Gasteiger partial charge is 0.467 e. The van der Waals surface area contributed by atoms with Crippen LogP contribution in [0.1, 0.15) is 30.4 Å². The first-order valence-corrected chi connectivity index (χ1v) is 6.25. The lowest BCUT2D eigenvalue weighted by molar-refractivity contribution is -0.0165. The molecular formula is C13H12ClNO3. The Balaban J connectivity index is 2.09. The quantitative estimate of drug-likeness (QED) is 0.610. The van der Waals surface area contributed by atoms with Crippen molar-refractivity contribution in [3.05, 3.63) is 28.3 Å². The van der Waals surface area contributed by atoms with Gasteiger partial charge in [-0.05, 0) is 31.4 Å². The zero-order valence-electron chi connectivity index (χ0n) is 9.74. The normalized spacial score (nSPS) is 20.1. The molecule has 1 fully saturated rings. The van der Waals surface area contributed by atoms with Crippen molar-refractivity contribution in [2.75, 3.05) is 6.79 Å². The fourth-order valence-corrected chi connectivity index (χ4v) is 2.86. The number of hydrogen-bond donors (Lipinski definition) is 0. The van der Waals surface area contributed by atoms with E-state index in [1.165, 1.54) is 0 Å². The Hall–Kier alpha value is -1.35. The first-order chi connectivity index (χ1) is 8.75. The van der Waals surface area contributed by atoms with Crippen LogP contribution in [-0.4, -0.2) is 12.9 Å². The van der Waals surface area contributed by atoms with Gasteiger partial charge in [0.2, 0.25) is 6.08 Å². The molecule has 0 aromatic heterocycles. The Morgan fingerprint density at radius 1 is 1.39 bits per heavy atom. The van der Waals surface area contributed by atoms with Crippen LogP contribution in [0.25, 0.3) is 0 Å². The summed E-state index contributed by atoms with van der Waals surface area (Å²) in [6.45, 7) is 0.747. The lowest BCUT2D eigenvalue weighted by Crippen LogP contribution is -2.32. The standard InChI is InChI=1S/C13H12ClNO3/c14-11-4-9-6-17-8-18-12(9)5-10(11)13(15-7-16)2-1-3-13/h4-5H,1-3,6,8H2. The predicted molar refractivity (Wildman–Crippen MR) is 65.4 cm³/mol. The van der Waals surface area contributed by atoms with Gasteiger partial charge in [-0.25, -0.2) is 4.79 Å². The minimum absolute atomic E-state index is 0.248. The van der Waals surface area contributed by atoms with E-state index < -0.39 is 5.54 Å². The van der Waals surface area contributed by atoms with Gasteiger partial charge in [-0.1, -0.05) is 11.6 Å². The van der Waals surface area contributed by atoms with E-state index in [1.54, 1.807) is 6.08 Å². The number of rotatable bonds is 2. The van der Waals surface area contributed by atoms with Crippen molar-refractivity contribution in [1.82, 2.24) is 0 Å². The van der Waals surface area contributed by atoms with Gasteiger partial charge in [-0.3, -0.25) is 0 Å². The molecule has 1 aliphatic heterocycles. The third kappa shape index (κ3) is 1.74. The summed E-state index contributed by atoms with van der Waals surface area (Å²) in [5.41, 5.74) is 1.30. The molecule has 1 aliphatic carbocycles. The molecule has 2 aliphatic rings. The van der Waals surface area contributed by atoms with Crippen molar-refractivity contribution in [1.29, 1.82) is 0 Å². The zero-order valence-corrected chi connectivity index (χ0v) is 10.5. The average Bonchev–Trinajstić information content (AvgIpc) is 2.33. The molecule has 1 heterocycles. The van der Waals surface area contributed by atoms with Crippen molar-refractivity contribution < 1.29 is 14.3 Å². The molecule has 1 saturated carbocycles. The lowest BCUT2D eigenvalue weighted by Gasteiger charge is -2.38. The minimum atomic E-state index is -0.491. The Morgan fingerprint density at radius 2 is 2.22 bits per heavy atom. The van der Waals surface area contributed by atoms with Gasteiger partial charge in [0, 0.05) is 16.1 Å². The topological polar surface area (TPSA) is 47.9 Å². The monoisotopic (exact) mass is 265 g/mol. The molecule has 0 saturated heterocycles. The molecule has 5 heteroatoms. The van der Waals surface area contributed by atoms with Crippen LogP contribution in [0.4, 0.5) is 0 Å². The van der Waals surface area contributed by atoms with Gasteiger partial charge in [-0.2, -0.15) is 4.99 Å². The number of carbonyl (C=O) groups excluding carboxylic acids is 1. The SMILES string of the molecule is O=C=NC1(c2cc3c(cc2Cl)COCO3)CCC1. The van der Waals surface area contributed by atoms with E-state index in [4.69, 9.17) is 21.1 Å². The van der Waals surface area contributed by atoms with E-state index in [2.05, 4.69) is 4.99 Å². The summed E-state index contributed by atoms with van der Waals surface area (Å²) in [4.78, 5) is 14.6. The molecule has 0 bridgehead atoms. The zero-order chi connectivity index (χ0) is 12.6. The summed E-state index contributed by atoms with van der Waals surface area (Å²) >= 11 is 6.29. The van der Waals surface area contributed by atoms with Gasteiger partial charge in [0.15, 0.2) is 6.79 Å². The number of benzene rings is 1. The van der Waals surface area contributed by atoms with Crippen molar-refractivity contribution >= 4 is 17.7 Å². The second-order valence-corrected chi connectivity index (χ2v) is 5.05. The maximum absolute atomic E-state index is 10.6. The van der Waals surface area contributed by atoms with Gasteiger partial charge in [0.05, 0.1) is 12.1 Å². The third-order valence-corrected chi connectivity index (χ3v) is 3.96. The second-order valence-electron chi connectivity index (χ2n) is 4.64. The van der Waals surface area contributed by atoms with Crippen LogP contribution in [0.2, 0.25) is 5.02 Å². The molecule has 0 N–H and O–H groups in total. The summed E-state index contributed by atoms with van der Waals surface area (Å²) in [5.74, 6) is 0.771. The molecule has 1 aromatic rings. The molecule has 1 aromatic carbocycles. The molecule has 4 nitrogen and oxygen atoms in total. The Labute approximate surface area is 110 Å². The molecule has 18 heavy (non-hydrogen) atoms. The molecule has 0 amide bonds. The van der Waals surface area contributed by atoms with E-state index in [0.717, 1.165) is 36.1 Å². The molecule has 0 radical (unpaired) electrons. The number of halogens is 1. The number of aliphatic imine (C=N–C) groups is 1. The van der Waals surface area contributed by atoms with Gasteiger partial charge >= 0.3 is 0 Å². The van der Waals surface area contributed by atoms with Gasteiger partial charge in [-0.15, -0.1) is 0 Å². The van der Waals surface area contributed by atoms with Gasteiger partial charge in [0.25, 0.3) is 0 Å². The van der Waals surface area contributed by atoms with E-state index in [-0.39, 0.29) is 6.79 Å². The predicted octanol–water partition coefficient (Wildman–Crippen LogP) is 2.92. The van der Waals surface area contributed by atoms with Crippen molar-refractivity contribution in [3.8, 4) is 5.75 Å². The minimum Gasteiger partial charge on any atom is -0.467 e. The number of nitrogens with zero attached hydrogens (tertiary/aromatic N) is 1. The number of ether oxygens (including phenoxy) is 2. The van der Waals surface area contributed by atoms with Crippen LogP contribution in [0.3, 0.4) is 0 Å². The average molecular weight is 266 g/mol. The molecular weight excluding hydrogens is 254 g/mol. The van der Waals surface area contributed by atoms with Crippen LogP contribution in [0, 0.1) is 0 Å². The molecule has 3 rings (SSSR count). The summed E-state index contributed by atoms with van der Waals surface area (Å²) in [7, 11) is 0. The van der Waals surface area contributed by atoms with Crippen LogP contribution in [0.15, 0.2) is 17.1 Å². The third-order valence-electron chi connectivity index (χ3n) is 3.65. The van der Waals surface area contributed by atoms with Crippen molar-refractivity contribution in [3.63, 3.8) is 0 Å². The van der Waals surface area contributed by atoms with E-state index in [1.807, 2.05) is 12.1 Å². The maximum atomic E-state index is 10.6. The Morgan fingerprint density at radius 3 is 2.89 bits per heavy atom. The van der Waals surface area contributed by atoms with E-state index >= 15 is 0 Å². The van der Waals surface area contributed by atoms with Gasteiger partial charge < -0.3 is 9.47 Å². The van der Waals surface area contributed by atoms with E-state index in [0.29, 0.717) is 11.6 Å². The Bertz CT molecular complexity index is 533. The molecule has 0 atom stereocenters. The molecule has 0 unspecified atom stereocenters. The first kappa shape index (κ1) is 11.7. The number of fused-ring (bicyclic) bond motifs is 1. The summed E-state index contributed by atoms with van der Waals surface area (Å²) in [6.07, 6.45) is 4.37. The van der Waals surface area contributed by atoms with Crippen LogP contribution in [-0.2, 0) is 21.7 Å². The highest BCUT2D eigenvalue weighted by molar-refractivity contribution is 6.31. The van der Waals surface area contributed by atoms with Crippen LogP contribution in [0.5, 0.6) is 5.75 Å². The Kier molecular flexibility index (Phi) is 2.86. The lowest BCUT2D eigenvalue weighted by atomic mass is 9.72. The maximum Gasteiger partial charge on any atom is 0.235 e. The van der Waals surface area contributed by atoms with Crippen LogP contribution >= 0.6 is 11.6 Å². The number of isocyanates is 1. The van der Waals surface area contributed by atoms with E-state index in [9.17, 15) is 4.79 Å². The van der Waals surface area contributed by atoms with Gasteiger partial charge in [0.1, 0.15) is 5.75 Å². The van der Waals surface area contributed by atoms with Crippen molar-refractivity contribution in [2.45, 2.75) is 31.4 Å².